The van der Waals surface area contributed by atoms with Gasteiger partial charge >= 0.3 is 0 Å². The van der Waals surface area contributed by atoms with Crippen LogP contribution < -0.4 is 11.1 Å². The van der Waals surface area contributed by atoms with Gasteiger partial charge in [0.1, 0.15) is 0 Å². The Bertz CT molecular complexity index is 903. The Balaban J connectivity index is 1.79. The van der Waals surface area contributed by atoms with Gasteiger partial charge in [0.25, 0.3) is 0 Å². The maximum Gasteiger partial charge on any atom is 0.159 e. The molecule has 0 aliphatic heterocycles. The Labute approximate surface area is 159 Å². The van der Waals surface area contributed by atoms with E-state index in [4.69, 9.17) is 17.3 Å². The molecule has 2 heterocycles. The Morgan fingerprint density at radius 2 is 2.08 bits per heavy atom. The average molecular weight is 397 g/mol. The molecule has 0 aliphatic rings. The van der Waals surface area contributed by atoms with Crippen molar-refractivity contribution >= 4 is 27.9 Å². The number of hydrogen-bond acceptors (Lipinski definition) is 4. The third kappa shape index (κ3) is 3.90. The van der Waals surface area contributed by atoms with Crippen LogP contribution in [0.3, 0.4) is 0 Å². The maximum atomic E-state index is 13.4. The van der Waals surface area contributed by atoms with E-state index in [9.17, 15) is 8.78 Å². The van der Waals surface area contributed by atoms with Crippen molar-refractivity contribution in [1.29, 1.82) is 0 Å². The number of nitrogens with two attached hydrogens (primary N) is 1. The van der Waals surface area contributed by atoms with Gasteiger partial charge in [-0.3, -0.25) is 4.68 Å². The van der Waals surface area contributed by atoms with Crippen molar-refractivity contribution in [3.8, 4) is 11.3 Å². The first-order valence-electron chi connectivity index (χ1n) is 8.08. The molecule has 8 heteroatoms. The van der Waals surface area contributed by atoms with E-state index in [2.05, 4.69) is 10.4 Å². The third-order valence-corrected chi connectivity index (χ3v) is 5.42. The van der Waals surface area contributed by atoms with Crippen molar-refractivity contribution in [2.75, 3.05) is 11.9 Å². The first-order chi connectivity index (χ1) is 12.4. The van der Waals surface area contributed by atoms with E-state index in [0.717, 1.165) is 27.2 Å². The van der Waals surface area contributed by atoms with Crippen LogP contribution in [0, 0.1) is 18.6 Å². The van der Waals surface area contributed by atoms with Crippen molar-refractivity contribution in [2.24, 2.45) is 12.8 Å². The van der Waals surface area contributed by atoms with E-state index in [1.807, 2.05) is 20.0 Å². The van der Waals surface area contributed by atoms with Crippen LogP contribution >= 0.6 is 22.9 Å². The SMILES string of the molecule is Cc1sc(N[C@H](CN)Cc2ccc(F)c(F)c2)cc1-c1c(Cl)cnn1C. The van der Waals surface area contributed by atoms with Crippen molar-refractivity contribution in [3.63, 3.8) is 0 Å². The molecular formula is C18H19ClF2N4S. The molecule has 0 saturated heterocycles. The van der Waals surface area contributed by atoms with Crippen LogP contribution in [0.5, 0.6) is 0 Å². The van der Waals surface area contributed by atoms with E-state index in [0.29, 0.717) is 23.6 Å². The highest BCUT2D eigenvalue weighted by Crippen LogP contribution is 2.37. The quantitative estimate of drug-likeness (QED) is 0.650. The molecule has 0 spiro atoms. The first-order valence-corrected chi connectivity index (χ1v) is 9.27. The Kier molecular flexibility index (Phi) is 5.60. The summed E-state index contributed by atoms with van der Waals surface area (Å²) < 4.78 is 28.2. The van der Waals surface area contributed by atoms with Gasteiger partial charge < -0.3 is 11.1 Å². The fourth-order valence-electron chi connectivity index (χ4n) is 2.85. The number of benzene rings is 1. The van der Waals surface area contributed by atoms with Crippen LogP contribution in [-0.2, 0) is 13.5 Å². The second-order valence-corrected chi connectivity index (χ2v) is 7.74. The van der Waals surface area contributed by atoms with E-state index in [1.54, 1.807) is 28.3 Å². The summed E-state index contributed by atoms with van der Waals surface area (Å²) in [4.78, 5) is 1.10. The minimum absolute atomic E-state index is 0.104. The molecule has 0 unspecified atom stereocenters. The lowest BCUT2D eigenvalue weighted by Crippen LogP contribution is -2.30. The highest BCUT2D eigenvalue weighted by atomic mass is 35.5. The summed E-state index contributed by atoms with van der Waals surface area (Å²) in [6.07, 6.45) is 2.11. The van der Waals surface area contributed by atoms with Crippen LogP contribution in [-0.4, -0.2) is 22.4 Å². The highest BCUT2D eigenvalue weighted by Gasteiger charge is 2.17. The number of hydrogen-bond donors (Lipinski definition) is 2. The Morgan fingerprint density at radius 3 is 2.69 bits per heavy atom. The van der Waals surface area contributed by atoms with Gasteiger partial charge in [0.2, 0.25) is 0 Å². The minimum atomic E-state index is -0.849. The molecule has 0 amide bonds. The van der Waals surface area contributed by atoms with Gasteiger partial charge in [0, 0.05) is 30.1 Å². The molecule has 0 bridgehead atoms. The smallest absolute Gasteiger partial charge is 0.159 e. The van der Waals surface area contributed by atoms with Crippen molar-refractivity contribution in [3.05, 3.63) is 57.6 Å². The molecule has 0 fully saturated rings. The summed E-state index contributed by atoms with van der Waals surface area (Å²) in [5.41, 5.74) is 8.42. The monoisotopic (exact) mass is 396 g/mol. The summed E-state index contributed by atoms with van der Waals surface area (Å²) in [6, 6.07) is 5.82. The van der Waals surface area contributed by atoms with Crippen molar-refractivity contribution in [1.82, 2.24) is 9.78 Å². The number of anilines is 1. The lowest BCUT2D eigenvalue weighted by atomic mass is 10.1. The topological polar surface area (TPSA) is 55.9 Å². The van der Waals surface area contributed by atoms with E-state index in [-0.39, 0.29) is 6.04 Å². The molecule has 138 valence electrons. The predicted octanol–water partition coefficient (Wildman–Crippen LogP) is 4.37. The molecule has 3 rings (SSSR count). The van der Waals surface area contributed by atoms with Crippen molar-refractivity contribution < 1.29 is 8.78 Å². The number of aromatic nitrogens is 2. The zero-order valence-electron chi connectivity index (χ0n) is 14.4. The summed E-state index contributed by atoms with van der Waals surface area (Å²) in [7, 11) is 1.84. The standard InChI is InChI=1S/C18H19ClF2N4S/c1-10-13(18-14(19)9-23-25(18)2)7-17(26-10)24-12(8-22)5-11-3-4-15(20)16(21)6-11/h3-4,6-7,9,12,24H,5,8,22H2,1-2H3/t12-/m0/s1. The number of aryl methyl sites for hydroxylation is 2. The van der Waals surface area contributed by atoms with Crippen molar-refractivity contribution in [2.45, 2.75) is 19.4 Å². The molecule has 0 radical (unpaired) electrons. The number of thiophene rings is 1. The van der Waals surface area contributed by atoms with Crippen LogP contribution in [0.4, 0.5) is 13.8 Å². The maximum absolute atomic E-state index is 13.4. The summed E-state index contributed by atoms with van der Waals surface area (Å²) in [6.45, 7) is 2.37. The normalized spacial score (nSPS) is 12.4. The molecule has 26 heavy (non-hydrogen) atoms. The van der Waals surface area contributed by atoms with E-state index in [1.165, 1.54) is 6.07 Å². The molecular weight excluding hydrogens is 378 g/mol. The van der Waals surface area contributed by atoms with E-state index < -0.39 is 11.6 Å². The largest absolute Gasteiger partial charge is 0.373 e. The van der Waals surface area contributed by atoms with Gasteiger partial charge in [-0.2, -0.15) is 5.10 Å². The third-order valence-electron chi connectivity index (χ3n) is 4.16. The average Bonchev–Trinajstić information content (AvgIpc) is 3.11. The van der Waals surface area contributed by atoms with Gasteiger partial charge in [-0.1, -0.05) is 17.7 Å². The minimum Gasteiger partial charge on any atom is -0.373 e. The lowest BCUT2D eigenvalue weighted by Gasteiger charge is -2.17. The summed E-state index contributed by atoms with van der Waals surface area (Å²) in [5.74, 6) is -1.70. The highest BCUT2D eigenvalue weighted by molar-refractivity contribution is 7.16. The van der Waals surface area contributed by atoms with Crippen LogP contribution in [0.15, 0.2) is 30.5 Å². The Morgan fingerprint density at radius 1 is 1.31 bits per heavy atom. The number of halogens is 3. The second kappa shape index (κ2) is 7.73. The fourth-order valence-corrected chi connectivity index (χ4v) is 4.11. The fraction of sp³-hybridized carbons (Fsp3) is 0.278. The molecule has 1 atom stereocenters. The molecule has 0 saturated carbocycles. The lowest BCUT2D eigenvalue weighted by molar-refractivity contribution is 0.506. The summed E-state index contributed by atoms with van der Waals surface area (Å²) in [5, 5.41) is 9.08. The van der Waals surface area contributed by atoms with Gasteiger partial charge in [-0.25, -0.2) is 8.78 Å². The number of nitrogens with zero attached hydrogens (tertiary/aromatic N) is 2. The molecule has 4 nitrogen and oxygen atoms in total. The first kappa shape index (κ1) is 18.8. The molecule has 3 aromatic rings. The molecule has 3 N–H and O–H groups in total. The Hall–Kier alpha value is -1.96. The predicted molar refractivity (Wildman–Crippen MR) is 103 cm³/mol. The van der Waals surface area contributed by atoms with Crippen LogP contribution in [0.1, 0.15) is 10.4 Å². The van der Waals surface area contributed by atoms with Gasteiger partial charge in [-0.15, -0.1) is 11.3 Å². The summed E-state index contributed by atoms with van der Waals surface area (Å²) >= 11 is 7.83. The molecule has 1 aromatic carbocycles. The van der Waals surface area contributed by atoms with Crippen LogP contribution in [0.2, 0.25) is 5.02 Å². The van der Waals surface area contributed by atoms with Crippen LogP contribution in [0.25, 0.3) is 11.3 Å². The molecule has 2 aromatic heterocycles. The second-order valence-electron chi connectivity index (χ2n) is 6.07. The zero-order chi connectivity index (χ0) is 18.8. The molecule has 0 aliphatic carbocycles. The number of nitrogens with one attached hydrogen (secondary N) is 1. The van der Waals surface area contributed by atoms with Gasteiger partial charge in [0.05, 0.1) is 21.9 Å². The van der Waals surface area contributed by atoms with Gasteiger partial charge in [-0.05, 0) is 37.1 Å². The van der Waals surface area contributed by atoms with E-state index >= 15 is 0 Å². The number of rotatable bonds is 6. The zero-order valence-corrected chi connectivity index (χ0v) is 16.0. The van der Waals surface area contributed by atoms with Gasteiger partial charge in [0.15, 0.2) is 11.6 Å².